The number of hydrogen-bond acceptors (Lipinski definition) is 2. The van der Waals surface area contributed by atoms with Gasteiger partial charge in [0.05, 0.1) is 5.02 Å². The highest BCUT2D eigenvalue weighted by Crippen LogP contribution is 2.31. The first-order valence-electron chi connectivity index (χ1n) is 3.32. The van der Waals surface area contributed by atoms with E-state index < -0.39 is 11.9 Å². The molecule has 1 rings (SSSR count). The predicted octanol–water partition coefficient (Wildman–Crippen LogP) is 3.07. The summed E-state index contributed by atoms with van der Waals surface area (Å²) in [7, 11) is 0. The van der Waals surface area contributed by atoms with Crippen molar-refractivity contribution in [2.45, 2.75) is 13.1 Å². The summed E-state index contributed by atoms with van der Waals surface area (Å²) in [5.74, 6) is -0.297. The molecule has 14 heavy (non-hydrogen) atoms. The molecule has 0 spiro atoms. The van der Waals surface area contributed by atoms with Crippen LogP contribution >= 0.6 is 24.0 Å². The normalized spacial score (nSPS) is 10.9. The molecular formula is C7H7Cl2F3N2. The second kappa shape index (κ2) is 4.23. The van der Waals surface area contributed by atoms with Crippen LogP contribution in [0.25, 0.3) is 0 Å². The number of pyridine rings is 1. The molecule has 0 amide bonds. The first-order valence-corrected chi connectivity index (χ1v) is 3.70. The van der Waals surface area contributed by atoms with Crippen LogP contribution in [0.1, 0.15) is 11.3 Å². The van der Waals surface area contributed by atoms with E-state index in [4.69, 9.17) is 17.3 Å². The second-order valence-corrected chi connectivity index (χ2v) is 2.90. The van der Waals surface area contributed by atoms with Crippen LogP contribution in [0.5, 0.6) is 0 Å². The summed E-state index contributed by atoms with van der Waals surface area (Å²) in [6, 6.07) is 0.860. The van der Waals surface area contributed by atoms with E-state index in [-0.39, 0.29) is 28.8 Å². The highest BCUT2D eigenvalue weighted by atomic mass is 35.5. The van der Waals surface area contributed by atoms with Gasteiger partial charge in [-0.1, -0.05) is 11.6 Å². The van der Waals surface area contributed by atoms with E-state index in [9.17, 15) is 13.2 Å². The maximum Gasteiger partial charge on any atom is 0.433 e. The molecule has 80 valence electrons. The fourth-order valence-corrected chi connectivity index (χ4v) is 0.924. The summed E-state index contributed by atoms with van der Waals surface area (Å²) in [6.45, 7) is 1.44. The van der Waals surface area contributed by atoms with Crippen molar-refractivity contribution in [3.63, 3.8) is 0 Å². The molecule has 1 heterocycles. The Morgan fingerprint density at radius 2 is 1.93 bits per heavy atom. The highest BCUT2D eigenvalue weighted by Gasteiger charge is 2.33. The minimum absolute atomic E-state index is 0. The topological polar surface area (TPSA) is 38.9 Å². The monoisotopic (exact) mass is 246 g/mol. The maximum absolute atomic E-state index is 12.1. The molecular weight excluding hydrogens is 240 g/mol. The average molecular weight is 247 g/mol. The van der Waals surface area contributed by atoms with Crippen molar-refractivity contribution in [2.75, 3.05) is 5.73 Å². The summed E-state index contributed by atoms with van der Waals surface area (Å²) < 4.78 is 36.4. The smallest absolute Gasteiger partial charge is 0.382 e. The number of anilines is 1. The lowest BCUT2D eigenvalue weighted by Gasteiger charge is -2.08. The lowest BCUT2D eigenvalue weighted by Crippen LogP contribution is -2.10. The van der Waals surface area contributed by atoms with Crippen LogP contribution in [0.2, 0.25) is 5.02 Å². The Kier molecular flexibility index (Phi) is 4.02. The van der Waals surface area contributed by atoms with Crippen molar-refractivity contribution in [2.24, 2.45) is 0 Å². The van der Waals surface area contributed by atoms with E-state index in [1.807, 2.05) is 0 Å². The quantitative estimate of drug-likeness (QED) is 0.765. The number of aromatic nitrogens is 1. The van der Waals surface area contributed by atoms with Crippen LogP contribution in [-0.4, -0.2) is 4.98 Å². The summed E-state index contributed by atoms with van der Waals surface area (Å²) in [5, 5.41) is 0.0630. The zero-order valence-electron chi connectivity index (χ0n) is 7.02. The Morgan fingerprint density at radius 1 is 1.43 bits per heavy atom. The molecule has 0 aromatic carbocycles. The fraction of sp³-hybridized carbons (Fsp3) is 0.286. The van der Waals surface area contributed by atoms with Crippen LogP contribution in [0.4, 0.5) is 19.0 Å². The Bertz CT molecular complexity index is 315. The van der Waals surface area contributed by atoms with Gasteiger partial charge in [0, 0.05) is 0 Å². The van der Waals surface area contributed by atoms with E-state index in [0.717, 1.165) is 6.07 Å². The summed E-state index contributed by atoms with van der Waals surface area (Å²) >= 11 is 5.54. The summed E-state index contributed by atoms with van der Waals surface area (Å²) in [5.41, 5.74) is 4.42. The predicted molar refractivity (Wildman–Crippen MR) is 50.6 cm³/mol. The zero-order chi connectivity index (χ0) is 10.2. The molecule has 0 aliphatic heterocycles. The van der Waals surface area contributed by atoms with E-state index in [1.54, 1.807) is 0 Å². The number of halogens is 5. The number of alkyl halides is 3. The molecule has 0 saturated carbocycles. The van der Waals surface area contributed by atoms with Crippen molar-refractivity contribution in [1.29, 1.82) is 0 Å². The standard InChI is InChI=1S/C7H6ClF3N2.ClH/c1-3-2-4(7(9,10)11)13-6(12)5(3)8;/h2H,1H3,(H2,12,13);1H. The van der Waals surface area contributed by atoms with Crippen molar-refractivity contribution >= 4 is 29.8 Å². The first-order chi connectivity index (χ1) is 5.82. The Morgan fingerprint density at radius 3 is 2.29 bits per heavy atom. The van der Waals surface area contributed by atoms with Crippen LogP contribution in [0.3, 0.4) is 0 Å². The van der Waals surface area contributed by atoms with Gasteiger partial charge in [-0.25, -0.2) is 4.98 Å². The molecule has 7 heteroatoms. The van der Waals surface area contributed by atoms with Gasteiger partial charge in [-0.2, -0.15) is 13.2 Å². The summed E-state index contributed by atoms with van der Waals surface area (Å²) in [4.78, 5) is 3.13. The molecule has 0 unspecified atom stereocenters. The Balaban J connectivity index is 0.00000169. The third kappa shape index (κ3) is 2.65. The van der Waals surface area contributed by atoms with E-state index in [2.05, 4.69) is 4.98 Å². The van der Waals surface area contributed by atoms with Gasteiger partial charge in [-0.05, 0) is 18.6 Å². The molecule has 0 radical (unpaired) electrons. The SMILES string of the molecule is Cc1cc(C(F)(F)F)nc(N)c1Cl.Cl. The Hall–Kier alpha value is -0.680. The van der Waals surface area contributed by atoms with Gasteiger partial charge in [0.25, 0.3) is 0 Å². The van der Waals surface area contributed by atoms with Crippen molar-refractivity contribution in [3.05, 3.63) is 22.3 Å². The minimum Gasteiger partial charge on any atom is -0.382 e. The zero-order valence-corrected chi connectivity index (χ0v) is 8.59. The van der Waals surface area contributed by atoms with Gasteiger partial charge in [0.1, 0.15) is 11.5 Å². The lowest BCUT2D eigenvalue weighted by molar-refractivity contribution is -0.141. The molecule has 0 saturated heterocycles. The highest BCUT2D eigenvalue weighted by molar-refractivity contribution is 6.33. The third-order valence-corrected chi connectivity index (χ3v) is 1.95. The number of nitrogens with zero attached hydrogens (tertiary/aromatic N) is 1. The second-order valence-electron chi connectivity index (χ2n) is 2.52. The van der Waals surface area contributed by atoms with Crippen LogP contribution in [-0.2, 0) is 6.18 Å². The lowest BCUT2D eigenvalue weighted by atomic mass is 10.2. The molecule has 0 fully saturated rings. The van der Waals surface area contributed by atoms with Gasteiger partial charge in [0.2, 0.25) is 0 Å². The van der Waals surface area contributed by atoms with E-state index in [0.29, 0.717) is 0 Å². The fourth-order valence-electron chi connectivity index (χ4n) is 0.827. The summed E-state index contributed by atoms with van der Waals surface area (Å²) in [6.07, 6.45) is -4.48. The molecule has 2 nitrogen and oxygen atoms in total. The molecule has 1 aromatic heterocycles. The van der Waals surface area contributed by atoms with Crippen molar-refractivity contribution < 1.29 is 13.2 Å². The molecule has 0 atom stereocenters. The van der Waals surface area contributed by atoms with E-state index in [1.165, 1.54) is 6.92 Å². The van der Waals surface area contributed by atoms with Crippen molar-refractivity contribution in [1.82, 2.24) is 4.98 Å². The van der Waals surface area contributed by atoms with Crippen LogP contribution < -0.4 is 5.73 Å². The molecule has 1 aromatic rings. The van der Waals surface area contributed by atoms with Crippen molar-refractivity contribution in [3.8, 4) is 0 Å². The largest absolute Gasteiger partial charge is 0.433 e. The molecule has 0 bridgehead atoms. The number of aryl methyl sites for hydroxylation is 1. The van der Waals surface area contributed by atoms with Crippen LogP contribution in [0, 0.1) is 6.92 Å². The molecule has 0 aliphatic rings. The van der Waals surface area contributed by atoms with E-state index >= 15 is 0 Å². The van der Waals surface area contributed by atoms with Crippen LogP contribution in [0.15, 0.2) is 6.07 Å². The van der Waals surface area contributed by atoms with Gasteiger partial charge in [-0.3, -0.25) is 0 Å². The number of rotatable bonds is 0. The van der Waals surface area contributed by atoms with Gasteiger partial charge in [-0.15, -0.1) is 12.4 Å². The van der Waals surface area contributed by atoms with Gasteiger partial charge < -0.3 is 5.73 Å². The average Bonchev–Trinajstić information content (AvgIpc) is 1.97. The number of hydrogen-bond donors (Lipinski definition) is 1. The molecule has 2 N–H and O–H groups in total. The van der Waals surface area contributed by atoms with Gasteiger partial charge >= 0.3 is 6.18 Å². The van der Waals surface area contributed by atoms with Gasteiger partial charge in [0.15, 0.2) is 0 Å². The first kappa shape index (κ1) is 13.3. The number of nitrogen functional groups attached to an aromatic ring is 1. The Labute approximate surface area is 89.7 Å². The third-order valence-electron chi connectivity index (χ3n) is 1.46. The minimum atomic E-state index is -4.48. The maximum atomic E-state index is 12.1. The molecule has 0 aliphatic carbocycles. The number of nitrogens with two attached hydrogens (primary N) is 1.